The Morgan fingerprint density at radius 1 is 1.08 bits per heavy atom. The summed E-state index contributed by atoms with van der Waals surface area (Å²) in [6.07, 6.45) is 2.79. The number of amides is 2. The number of carbonyl (C=O) groups excluding carboxylic acids is 2. The van der Waals surface area contributed by atoms with Gasteiger partial charge in [0, 0.05) is 24.2 Å². The lowest BCUT2D eigenvalue weighted by atomic mass is 9.82. The van der Waals surface area contributed by atoms with Crippen molar-refractivity contribution in [2.45, 2.75) is 50.2 Å². The number of benzene rings is 1. The highest BCUT2D eigenvalue weighted by atomic mass is 19.2. The second-order valence-corrected chi connectivity index (χ2v) is 6.92. The number of piperidine rings is 1. The number of hydrogen-bond acceptors (Lipinski definition) is 3. The van der Waals surface area contributed by atoms with E-state index in [0.717, 1.165) is 18.9 Å². The van der Waals surface area contributed by atoms with E-state index < -0.39 is 35.3 Å². The minimum atomic E-state index is -1.23. The molecular formula is C17H20F3N3O2. The van der Waals surface area contributed by atoms with Gasteiger partial charge < -0.3 is 16.4 Å². The van der Waals surface area contributed by atoms with Gasteiger partial charge in [-0.25, -0.2) is 13.2 Å². The van der Waals surface area contributed by atoms with E-state index in [-0.39, 0.29) is 30.0 Å². The molecule has 2 heterocycles. The van der Waals surface area contributed by atoms with Crippen molar-refractivity contribution in [1.29, 1.82) is 0 Å². The minimum absolute atomic E-state index is 0.00180. The first-order chi connectivity index (χ1) is 11.8. The van der Waals surface area contributed by atoms with Crippen LogP contribution in [-0.4, -0.2) is 34.8 Å². The second kappa shape index (κ2) is 6.67. The third-order valence-corrected chi connectivity index (χ3v) is 5.37. The zero-order chi connectivity index (χ0) is 18.3. The molecule has 8 heteroatoms. The summed E-state index contributed by atoms with van der Waals surface area (Å²) in [5.41, 5.74) is 11.3. The van der Waals surface area contributed by atoms with Crippen LogP contribution in [0.1, 0.15) is 31.2 Å². The maximum atomic E-state index is 13.8. The Labute approximate surface area is 143 Å². The van der Waals surface area contributed by atoms with Crippen LogP contribution in [0.5, 0.6) is 0 Å². The van der Waals surface area contributed by atoms with E-state index in [1.165, 1.54) is 0 Å². The Morgan fingerprint density at radius 3 is 2.20 bits per heavy atom. The van der Waals surface area contributed by atoms with E-state index in [1.54, 1.807) is 4.90 Å². The summed E-state index contributed by atoms with van der Waals surface area (Å²) in [6, 6.07) is 0.697. The normalized spacial score (nSPS) is 26.6. The summed E-state index contributed by atoms with van der Waals surface area (Å²) in [6.45, 7) is 0. The SMILES string of the molecule is NC(=O)C(=O)N1C2CCC1CC([C@H](N)Cc1cc(F)c(F)cc1F)C2. The van der Waals surface area contributed by atoms with Crippen molar-refractivity contribution in [2.75, 3.05) is 0 Å². The lowest BCUT2D eigenvalue weighted by Crippen LogP contribution is -2.53. The van der Waals surface area contributed by atoms with Crippen LogP contribution in [0.2, 0.25) is 0 Å². The predicted molar refractivity (Wildman–Crippen MR) is 83.6 cm³/mol. The fourth-order valence-corrected chi connectivity index (χ4v) is 4.17. The van der Waals surface area contributed by atoms with E-state index in [1.807, 2.05) is 0 Å². The average molecular weight is 355 g/mol. The van der Waals surface area contributed by atoms with Gasteiger partial charge >= 0.3 is 11.8 Å². The summed E-state index contributed by atoms with van der Waals surface area (Å²) in [5.74, 6) is -4.80. The van der Waals surface area contributed by atoms with E-state index in [9.17, 15) is 22.8 Å². The molecule has 2 fully saturated rings. The predicted octanol–water partition coefficient (Wildman–Crippen LogP) is 1.23. The standard InChI is InChI=1S/C17H20F3N3O2/c18-12-7-14(20)13(19)5-8(12)6-15(21)9-3-10-1-2-11(4-9)23(10)17(25)16(22)24/h5,7,9-11,15H,1-4,6,21H2,(H2,22,24)/t9?,10?,11?,15-/m1/s1. The molecule has 3 atom stereocenters. The van der Waals surface area contributed by atoms with E-state index in [2.05, 4.69) is 0 Å². The number of fused-ring (bicyclic) bond motifs is 2. The first-order valence-corrected chi connectivity index (χ1v) is 8.29. The number of nitrogens with zero attached hydrogens (tertiary/aromatic N) is 1. The van der Waals surface area contributed by atoms with Crippen molar-refractivity contribution in [3.05, 3.63) is 35.1 Å². The van der Waals surface area contributed by atoms with Gasteiger partial charge in [0.1, 0.15) is 5.82 Å². The molecular weight excluding hydrogens is 335 g/mol. The van der Waals surface area contributed by atoms with Crippen LogP contribution in [-0.2, 0) is 16.0 Å². The summed E-state index contributed by atoms with van der Waals surface area (Å²) in [5, 5.41) is 0. The third-order valence-electron chi connectivity index (χ3n) is 5.37. The zero-order valence-electron chi connectivity index (χ0n) is 13.6. The van der Waals surface area contributed by atoms with Crippen LogP contribution in [0.15, 0.2) is 12.1 Å². The molecule has 1 aromatic rings. The van der Waals surface area contributed by atoms with Crippen molar-refractivity contribution in [2.24, 2.45) is 17.4 Å². The highest BCUT2D eigenvalue weighted by Crippen LogP contribution is 2.40. The Morgan fingerprint density at radius 2 is 1.64 bits per heavy atom. The molecule has 0 radical (unpaired) electrons. The average Bonchev–Trinajstić information content (AvgIpc) is 2.80. The van der Waals surface area contributed by atoms with E-state index in [4.69, 9.17) is 11.5 Å². The fraction of sp³-hybridized carbons (Fsp3) is 0.529. The Balaban J connectivity index is 1.69. The number of carbonyl (C=O) groups is 2. The Hall–Kier alpha value is -2.09. The number of nitrogens with two attached hydrogens (primary N) is 2. The third kappa shape index (κ3) is 3.35. The van der Waals surface area contributed by atoms with Gasteiger partial charge in [-0.05, 0) is 49.7 Å². The molecule has 2 amide bonds. The van der Waals surface area contributed by atoms with Crippen molar-refractivity contribution < 1.29 is 22.8 Å². The molecule has 2 saturated heterocycles. The largest absolute Gasteiger partial charge is 0.361 e. The number of hydrogen-bond donors (Lipinski definition) is 2. The molecule has 2 unspecified atom stereocenters. The van der Waals surface area contributed by atoms with Crippen LogP contribution in [0, 0.1) is 23.4 Å². The minimum Gasteiger partial charge on any atom is -0.361 e. The topological polar surface area (TPSA) is 89.4 Å². The Bertz CT molecular complexity index is 699. The molecule has 0 saturated carbocycles. The smallest absolute Gasteiger partial charge is 0.312 e. The fourth-order valence-electron chi connectivity index (χ4n) is 4.17. The van der Waals surface area contributed by atoms with Crippen LogP contribution in [0.4, 0.5) is 13.2 Å². The van der Waals surface area contributed by atoms with Crippen molar-refractivity contribution in [3.63, 3.8) is 0 Å². The lowest BCUT2D eigenvalue weighted by Gasteiger charge is -2.40. The van der Waals surface area contributed by atoms with Gasteiger partial charge in [-0.15, -0.1) is 0 Å². The van der Waals surface area contributed by atoms with Gasteiger partial charge in [0.2, 0.25) is 0 Å². The highest BCUT2D eigenvalue weighted by Gasteiger charge is 2.45. The second-order valence-electron chi connectivity index (χ2n) is 6.92. The molecule has 4 N–H and O–H groups in total. The van der Waals surface area contributed by atoms with Crippen molar-refractivity contribution in [1.82, 2.24) is 4.90 Å². The molecule has 0 aliphatic carbocycles. The van der Waals surface area contributed by atoms with Crippen molar-refractivity contribution in [3.8, 4) is 0 Å². The number of primary amides is 1. The number of halogens is 3. The first-order valence-electron chi connectivity index (χ1n) is 8.29. The van der Waals surface area contributed by atoms with E-state index >= 15 is 0 Å². The van der Waals surface area contributed by atoms with Crippen molar-refractivity contribution >= 4 is 11.8 Å². The molecule has 2 bridgehead atoms. The zero-order valence-corrected chi connectivity index (χ0v) is 13.6. The van der Waals surface area contributed by atoms with Gasteiger partial charge in [0.05, 0.1) is 0 Å². The number of rotatable bonds is 3. The molecule has 136 valence electrons. The molecule has 3 rings (SSSR count). The molecule has 0 spiro atoms. The maximum absolute atomic E-state index is 13.8. The lowest BCUT2D eigenvalue weighted by molar-refractivity contribution is -0.147. The van der Waals surface area contributed by atoms with Crippen LogP contribution in [0.3, 0.4) is 0 Å². The van der Waals surface area contributed by atoms with Crippen LogP contribution in [0.25, 0.3) is 0 Å². The van der Waals surface area contributed by atoms with Gasteiger partial charge in [-0.1, -0.05) is 0 Å². The molecule has 2 aliphatic heterocycles. The quantitative estimate of drug-likeness (QED) is 0.631. The van der Waals surface area contributed by atoms with E-state index in [0.29, 0.717) is 18.9 Å². The Kier molecular flexibility index (Phi) is 4.73. The molecule has 1 aromatic carbocycles. The molecule has 5 nitrogen and oxygen atoms in total. The van der Waals surface area contributed by atoms with Crippen LogP contribution < -0.4 is 11.5 Å². The molecule has 0 aromatic heterocycles. The summed E-state index contributed by atoms with van der Waals surface area (Å²) >= 11 is 0. The maximum Gasteiger partial charge on any atom is 0.312 e. The summed E-state index contributed by atoms with van der Waals surface area (Å²) in [7, 11) is 0. The first kappa shape index (κ1) is 17.7. The molecule has 25 heavy (non-hydrogen) atoms. The van der Waals surface area contributed by atoms with Gasteiger partial charge in [0.15, 0.2) is 11.6 Å². The molecule has 2 aliphatic rings. The van der Waals surface area contributed by atoms with Gasteiger partial charge in [-0.2, -0.15) is 0 Å². The highest BCUT2D eigenvalue weighted by molar-refractivity contribution is 6.34. The summed E-state index contributed by atoms with van der Waals surface area (Å²) in [4.78, 5) is 24.6. The summed E-state index contributed by atoms with van der Waals surface area (Å²) < 4.78 is 40.2. The van der Waals surface area contributed by atoms with Gasteiger partial charge in [0.25, 0.3) is 0 Å². The monoisotopic (exact) mass is 355 g/mol. The van der Waals surface area contributed by atoms with Crippen LogP contribution >= 0.6 is 0 Å². The van der Waals surface area contributed by atoms with Gasteiger partial charge in [-0.3, -0.25) is 9.59 Å².